The normalized spacial score (nSPS) is 11.1. The molecule has 0 bridgehead atoms. The molecule has 0 aliphatic rings. The Balaban J connectivity index is 2.10. The molecular weight excluding hydrogens is 243 g/mol. The fraction of sp³-hybridized carbons (Fsp3) is 0.143. The van der Waals surface area contributed by atoms with Crippen LogP contribution in [0.5, 0.6) is 0 Å². The highest BCUT2D eigenvalue weighted by Crippen LogP contribution is 2.21. The van der Waals surface area contributed by atoms with Gasteiger partial charge in [-0.3, -0.25) is 4.98 Å². The van der Waals surface area contributed by atoms with E-state index in [2.05, 4.69) is 9.97 Å². The summed E-state index contributed by atoms with van der Waals surface area (Å²) < 4.78 is 15.0. The van der Waals surface area contributed by atoms with Gasteiger partial charge < -0.3 is 10.3 Å². The third kappa shape index (κ3) is 2.03. The Kier molecular flexibility index (Phi) is 2.67. The summed E-state index contributed by atoms with van der Waals surface area (Å²) in [6.45, 7) is 2.60. The molecule has 2 aromatic heterocycles. The lowest BCUT2D eigenvalue weighted by atomic mass is 10.1. The second-order valence-electron chi connectivity index (χ2n) is 4.49. The van der Waals surface area contributed by atoms with Crippen molar-refractivity contribution in [2.24, 2.45) is 0 Å². The average Bonchev–Trinajstić information content (AvgIpc) is 2.68. The number of halogens is 1. The minimum atomic E-state index is -0.308. The molecule has 19 heavy (non-hydrogen) atoms. The van der Waals surface area contributed by atoms with Crippen molar-refractivity contribution >= 4 is 17.0 Å². The van der Waals surface area contributed by atoms with E-state index in [9.17, 15) is 4.39 Å². The number of nitrogen functional groups attached to an aromatic ring is 1. The van der Waals surface area contributed by atoms with Crippen molar-refractivity contribution in [1.29, 1.82) is 0 Å². The van der Waals surface area contributed by atoms with Crippen LogP contribution in [0, 0.1) is 12.7 Å². The quantitative estimate of drug-likeness (QED) is 0.766. The van der Waals surface area contributed by atoms with Gasteiger partial charge in [0, 0.05) is 18.5 Å². The predicted octanol–water partition coefficient (Wildman–Crippen LogP) is 2.51. The van der Waals surface area contributed by atoms with Crippen molar-refractivity contribution in [3.05, 3.63) is 53.6 Å². The largest absolute Gasteiger partial charge is 0.369 e. The number of aromatic nitrogens is 3. The van der Waals surface area contributed by atoms with Gasteiger partial charge in [0.15, 0.2) is 0 Å². The standard InChI is InChI=1S/C14H13FN4/c1-9-7-17-5-4-10(9)8-19-13-3-2-11(15)6-12(13)18-14(19)16/h2-7H,8H2,1H3,(H2,16,18). The summed E-state index contributed by atoms with van der Waals surface area (Å²) in [5.74, 6) is 0.0778. The lowest BCUT2D eigenvalue weighted by Crippen LogP contribution is -2.05. The van der Waals surface area contributed by atoms with Crippen LogP contribution in [-0.4, -0.2) is 14.5 Å². The summed E-state index contributed by atoms with van der Waals surface area (Å²) in [5, 5.41) is 0. The maximum absolute atomic E-state index is 13.2. The molecule has 0 saturated heterocycles. The molecule has 3 rings (SSSR count). The zero-order chi connectivity index (χ0) is 13.4. The van der Waals surface area contributed by atoms with Gasteiger partial charge in [-0.1, -0.05) is 0 Å². The first-order valence-electron chi connectivity index (χ1n) is 5.96. The molecule has 2 heterocycles. The van der Waals surface area contributed by atoms with Crippen LogP contribution in [0.25, 0.3) is 11.0 Å². The molecular formula is C14H13FN4. The smallest absolute Gasteiger partial charge is 0.201 e. The summed E-state index contributed by atoms with van der Waals surface area (Å²) in [7, 11) is 0. The Labute approximate surface area is 109 Å². The van der Waals surface area contributed by atoms with Crippen LogP contribution >= 0.6 is 0 Å². The Morgan fingerprint density at radius 1 is 1.32 bits per heavy atom. The van der Waals surface area contributed by atoms with Crippen LogP contribution in [0.4, 0.5) is 10.3 Å². The van der Waals surface area contributed by atoms with Gasteiger partial charge in [-0.15, -0.1) is 0 Å². The SMILES string of the molecule is Cc1cnccc1Cn1c(N)nc2cc(F)ccc21. The monoisotopic (exact) mass is 256 g/mol. The third-order valence-electron chi connectivity index (χ3n) is 3.20. The number of imidazole rings is 1. The molecule has 0 atom stereocenters. The molecule has 3 aromatic rings. The molecule has 0 radical (unpaired) electrons. The van der Waals surface area contributed by atoms with Crippen molar-refractivity contribution in [3.63, 3.8) is 0 Å². The maximum Gasteiger partial charge on any atom is 0.201 e. The second-order valence-corrected chi connectivity index (χ2v) is 4.49. The van der Waals surface area contributed by atoms with Crippen LogP contribution in [0.15, 0.2) is 36.7 Å². The fourth-order valence-corrected chi connectivity index (χ4v) is 2.14. The topological polar surface area (TPSA) is 56.7 Å². The van der Waals surface area contributed by atoms with Gasteiger partial charge in [0.2, 0.25) is 5.95 Å². The van der Waals surface area contributed by atoms with Crippen molar-refractivity contribution in [3.8, 4) is 0 Å². The predicted molar refractivity (Wildman–Crippen MR) is 72.2 cm³/mol. The highest BCUT2D eigenvalue weighted by molar-refractivity contribution is 5.78. The molecule has 0 saturated carbocycles. The lowest BCUT2D eigenvalue weighted by Gasteiger charge is -2.08. The Hall–Kier alpha value is -2.43. The maximum atomic E-state index is 13.2. The van der Waals surface area contributed by atoms with Gasteiger partial charge in [-0.05, 0) is 36.2 Å². The van der Waals surface area contributed by atoms with E-state index in [1.807, 2.05) is 23.8 Å². The minimum absolute atomic E-state index is 0.308. The molecule has 1 aromatic carbocycles. The molecule has 5 heteroatoms. The first-order chi connectivity index (χ1) is 9.15. The van der Waals surface area contributed by atoms with Crippen LogP contribution in [0.2, 0.25) is 0 Å². The number of fused-ring (bicyclic) bond motifs is 1. The van der Waals surface area contributed by atoms with Gasteiger partial charge in [0.1, 0.15) is 5.82 Å². The lowest BCUT2D eigenvalue weighted by molar-refractivity contribution is 0.629. The first kappa shape index (κ1) is 11.6. The molecule has 0 fully saturated rings. The van der Waals surface area contributed by atoms with Crippen molar-refractivity contribution in [2.75, 3.05) is 5.73 Å². The van der Waals surface area contributed by atoms with Gasteiger partial charge in [0.25, 0.3) is 0 Å². The van der Waals surface area contributed by atoms with Crippen LogP contribution in [0.1, 0.15) is 11.1 Å². The van der Waals surface area contributed by atoms with Gasteiger partial charge in [-0.2, -0.15) is 0 Å². The van der Waals surface area contributed by atoms with E-state index in [0.717, 1.165) is 16.6 Å². The van der Waals surface area contributed by atoms with Crippen LogP contribution < -0.4 is 5.73 Å². The van der Waals surface area contributed by atoms with Crippen LogP contribution in [-0.2, 0) is 6.54 Å². The number of hydrogen-bond donors (Lipinski definition) is 1. The van der Waals surface area contributed by atoms with Crippen molar-refractivity contribution in [2.45, 2.75) is 13.5 Å². The van der Waals surface area contributed by atoms with E-state index in [0.29, 0.717) is 18.0 Å². The van der Waals surface area contributed by atoms with E-state index in [1.54, 1.807) is 12.3 Å². The molecule has 0 amide bonds. The summed E-state index contributed by atoms with van der Waals surface area (Å²) in [6, 6.07) is 6.45. The highest BCUT2D eigenvalue weighted by atomic mass is 19.1. The fourth-order valence-electron chi connectivity index (χ4n) is 2.14. The van der Waals surface area contributed by atoms with E-state index >= 15 is 0 Å². The molecule has 4 nitrogen and oxygen atoms in total. The zero-order valence-corrected chi connectivity index (χ0v) is 10.5. The molecule has 0 aliphatic carbocycles. The summed E-state index contributed by atoms with van der Waals surface area (Å²) in [6.07, 6.45) is 3.56. The van der Waals surface area contributed by atoms with E-state index in [1.165, 1.54) is 12.1 Å². The minimum Gasteiger partial charge on any atom is -0.369 e. The number of nitrogens with zero attached hydrogens (tertiary/aromatic N) is 3. The summed E-state index contributed by atoms with van der Waals surface area (Å²) >= 11 is 0. The van der Waals surface area contributed by atoms with E-state index < -0.39 is 0 Å². The molecule has 0 unspecified atom stereocenters. The third-order valence-corrected chi connectivity index (χ3v) is 3.20. The number of rotatable bonds is 2. The Bertz CT molecular complexity index is 748. The Morgan fingerprint density at radius 3 is 2.95 bits per heavy atom. The molecule has 2 N–H and O–H groups in total. The van der Waals surface area contributed by atoms with Crippen molar-refractivity contribution in [1.82, 2.24) is 14.5 Å². The molecule has 96 valence electrons. The Morgan fingerprint density at radius 2 is 2.16 bits per heavy atom. The van der Waals surface area contributed by atoms with Gasteiger partial charge >= 0.3 is 0 Å². The number of hydrogen-bond acceptors (Lipinski definition) is 3. The molecule has 0 aliphatic heterocycles. The molecule has 0 spiro atoms. The zero-order valence-electron chi connectivity index (χ0n) is 10.5. The van der Waals surface area contributed by atoms with Crippen LogP contribution in [0.3, 0.4) is 0 Å². The average molecular weight is 256 g/mol. The summed E-state index contributed by atoms with van der Waals surface area (Å²) in [4.78, 5) is 8.25. The number of nitrogens with two attached hydrogens (primary N) is 1. The van der Waals surface area contributed by atoms with Crippen molar-refractivity contribution < 1.29 is 4.39 Å². The summed E-state index contributed by atoms with van der Waals surface area (Å²) in [5.41, 5.74) is 9.52. The van der Waals surface area contributed by atoms with E-state index in [-0.39, 0.29) is 5.82 Å². The van der Waals surface area contributed by atoms with E-state index in [4.69, 9.17) is 5.73 Å². The number of aryl methyl sites for hydroxylation is 1. The number of pyridine rings is 1. The van der Waals surface area contributed by atoms with Gasteiger partial charge in [-0.25, -0.2) is 9.37 Å². The highest BCUT2D eigenvalue weighted by Gasteiger charge is 2.10. The number of benzene rings is 1. The number of anilines is 1. The van der Waals surface area contributed by atoms with Gasteiger partial charge in [0.05, 0.1) is 17.6 Å². The second kappa shape index (κ2) is 4.35. The first-order valence-corrected chi connectivity index (χ1v) is 5.96.